The molecule has 0 saturated heterocycles. The quantitative estimate of drug-likeness (QED) is 0.621. The first-order valence-corrected chi connectivity index (χ1v) is 9.24. The number of carboxylic acids is 1. The number of unbranched alkanes of at least 4 members (excludes halogenated alkanes) is 1. The number of hydrogen-bond donors (Lipinski definition) is 1. The van der Waals surface area contributed by atoms with Crippen LogP contribution in [-0.4, -0.2) is 42.2 Å². The number of rotatable bonds is 9. The Bertz CT molecular complexity index is 632. The zero-order chi connectivity index (χ0) is 18.4. The fraction of sp³-hybridized carbons (Fsp3) is 0.556. The summed E-state index contributed by atoms with van der Waals surface area (Å²) in [5, 5.41) is 13.5. The monoisotopic (exact) mass is 413 g/mol. The van der Waals surface area contributed by atoms with Crippen molar-refractivity contribution in [3.8, 4) is 5.75 Å². The van der Waals surface area contributed by atoms with Gasteiger partial charge >= 0.3 is 5.97 Å². The van der Waals surface area contributed by atoms with Crippen LogP contribution in [0.15, 0.2) is 27.8 Å². The van der Waals surface area contributed by atoms with Crippen molar-refractivity contribution in [2.45, 2.75) is 45.8 Å². The number of oxime groups is 1. The van der Waals surface area contributed by atoms with Gasteiger partial charge in [0.15, 0.2) is 6.10 Å². The molecule has 1 aromatic carbocycles. The largest absolute Gasteiger partial charge is 0.478 e. The van der Waals surface area contributed by atoms with Crippen LogP contribution < -0.4 is 4.74 Å². The van der Waals surface area contributed by atoms with E-state index in [0.717, 1.165) is 17.3 Å². The zero-order valence-electron chi connectivity index (χ0n) is 14.7. The van der Waals surface area contributed by atoms with Gasteiger partial charge in [0.05, 0.1) is 0 Å². The molecule has 138 valence electrons. The maximum Gasteiger partial charge on any atom is 0.345 e. The summed E-state index contributed by atoms with van der Waals surface area (Å²) in [5.41, 5.74) is 1.31. The SMILES string of the molecule is CCCCOC1CON=C1c1cc(Br)ccc1O[C@H](C(=O)O)C(C)C. The summed E-state index contributed by atoms with van der Waals surface area (Å²) in [4.78, 5) is 16.7. The van der Waals surface area contributed by atoms with Gasteiger partial charge in [0, 0.05) is 22.6 Å². The Hall–Kier alpha value is -1.60. The molecule has 1 aliphatic rings. The molecule has 0 aromatic heterocycles. The molecule has 1 N–H and O–H groups in total. The number of aliphatic carboxylic acids is 1. The van der Waals surface area contributed by atoms with Gasteiger partial charge in [-0.2, -0.15) is 0 Å². The summed E-state index contributed by atoms with van der Waals surface area (Å²) in [6.07, 6.45) is 0.771. The van der Waals surface area contributed by atoms with Crippen molar-refractivity contribution >= 4 is 27.6 Å². The molecule has 0 fully saturated rings. The summed E-state index contributed by atoms with van der Waals surface area (Å²) in [6, 6.07) is 5.39. The van der Waals surface area contributed by atoms with Crippen LogP contribution >= 0.6 is 15.9 Å². The van der Waals surface area contributed by atoms with Gasteiger partial charge in [-0.05, 0) is 24.6 Å². The normalized spacial score (nSPS) is 18.0. The van der Waals surface area contributed by atoms with Gasteiger partial charge in [0.1, 0.15) is 24.2 Å². The summed E-state index contributed by atoms with van der Waals surface area (Å²) in [7, 11) is 0. The third-order valence-corrected chi connectivity index (χ3v) is 4.32. The molecule has 0 spiro atoms. The molecule has 25 heavy (non-hydrogen) atoms. The minimum Gasteiger partial charge on any atom is -0.478 e. The molecule has 1 aromatic rings. The topological polar surface area (TPSA) is 77.3 Å². The van der Waals surface area contributed by atoms with E-state index in [9.17, 15) is 9.90 Å². The predicted octanol–water partition coefficient (Wildman–Crippen LogP) is 3.86. The van der Waals surface area contributed by atoms with E-state index in [2.05, 4.69) is 28.0 Å². The molecule has 0 saturated carbocycles. The van der Waals surface area contributed by atoms with Crippen LogP contribution in [0, 0.1) is 5.92 Å². The molecule has 0 bridgehead atoms. The highest BCUT2D eigenvalue weighted by molar-refractivity contribution is 9.10. The Morgan fingerprint density at radius 2 is 2.24 bits per heavy atom. The van der Waals surface area contributed by atoms with Crippen molar-refractivity contribution in [2.75, 3.05) is 13.2 Å². The maximum absolute atomic E-state index is 11.5. The second-order valence-corrected chi connectivity index (χ2v) is 7.16. The lowest BCUT2D eigenvalue weighted by Gasteiger charge is -2.21. The molecule has 0 radical (unpaired) electrons. The van der Waals surface area contributed by atoms with Crippen LogP contribution in [-0.2, 0) is 14.4 Å². The van der Waals surface area contributed by atoms with Gasteiger partial charge in [0.25, 0.3) is 0 Å². The molecule has 7 heteroatoms. The van der Waals surface area contributed by atoms with E-state index in [0.29, 0.717) is 30.2 Å². The van der Waals surface area contributed by atoms with E-state index in [-0.39, 0.29) is 12.0 Å². The van der Waals surface area contributed by atoms with E-state index in [1.165, 1.54) is 0 Å². The highest BCUT2D eigenvalue weighted by atomic mass is 79.9. The minimum absolute atomic E-state index is 0.174. The molecule has 1 heterocycles. The van der Waals surface area contributed by atoms with E-state index >= 15 is 0 Å². The molecule has 6 nitrogen and oxygen atoms in total. The minimum atomic E-state index is -0.996. The summed E-state index contributed by atoms with van der Waals surface area (Å²) in [6.45, 7) is 6.69. The average molecular weight is 414 g/mol. The summed E-state index contributed by atoms with van der Waals surface area (Å²) in [5.74, 6) is -0.714. The Labute approximate surface area is 156 Å². The Kier molecular flexibility index (Phi) is 7.25. The fourth-order valence-electron chi connectivity index (χ4n) is 2.45. The summed E-state index contributed by atoms with van der Waals surface area (Å²) >= 11 is 3.44. The third kappa shape index (κ3) is 5.19. The molecule has 1 unspecified atom stereocenters. The first kappa shape index (κ1) is 19.7. The van der Waals surface area contributed by atoms with Crippen molar-refractivity contribution in [2.24, 2.45) is 11.1 Å². The van der Waals surface area contributed by atoms with E-state index in [1.54, 1.807) is 12.1 Å². The highest BCUT2D eigenvalue weighted by Crippen LogP contribution is 2.29. The first-order valence-electron chi connectivity index (χ1n) is 8.44. The number of halogens is 1. The zero-order valence-corrected chi connectivity index (χ0v) is 16.3. The van der Waals surface area contributed by atoms with E-state index < -0.39 is 12.1 Å². The number of ether oxygens (including phenoxy) is 2. The fourth-order valence-corrected chi connectivity index (χ4v) is 2.81. The number of hydrogen-bond acceptors (Lipinski definition) is 5. The molecule has 2 rings (SSSR count). The van der Waals surface area contributed by atoms with Crippen LogP contribution in [0.5, 0.6) is 5.75 Å². The van der Waals surface area contributed by atoms with Crippen molar-refractivity contribution in [1.29, 1.82) is 0 Å². The molecular formula is C18H24BrNO5. The van der Waals surface area contributed by atoms with E-state index in [1.807, 2.05) is 19.9 Å². The van der Waals surface area contributed by atoms with Gasteiger partial charge < -0.3 is 19.4 Å². The van der Waals surface area contributed by atoms with Gasteiger partial charge in [-0.1, -0.05) is 48.3 Å². The van der Waals surface area contributed by atoms with Crippen LogP contribution in [0.1, 0.15) is 39.2 Å². The number of benzene rings is 1. The lowest BCUT2D eigenvalue weighted by molar-refractivity contribution is -0.147. The Morgan fingerprint density at radius 1 is 1.48 bits per heavy atom. The van der Waals surface area contributed by atoms with Crippen LogP contribution in [0.4, 0.5) is 0 Å². The molecule has 2 atom stereocenters. The van der Waals surface area contributed by atoms with Crippen molar-refractivity contribution in [1.82, 2.24) is 0 Å². The van der Waals surface area contributed by atoms with E-state index in [4.69, 9.17) is 14.3 Å². The molecular weight excluding hydrogens is 390 g/mol. The van der Waals surface area contributed by atoms with Crippen molar-refractivity contribution in [3.63, 3.8) is 0 Å². The number of carbonyl (C=O) groups is 1. The Balaban J connectivity index is 2.27. The lowest BCUT2D eigenvalue weighted by Crippen LogP contribution is -2.33. The van der Waals surface area contributed by atoms with Gasteiger partial charge in [-0.3, -0.25) is 0 Å². The van der Waals surface area contributed by atoms with Crippen molar-refractivity contribution < 1.29 is 24.2 Å². The van der Waals surface area contributed by atoms with Crippen LogP contribution in [0.2, 0.25) is 0 Å². The number of carboxylic acid groups (broad SMARTS) is 1. The smallest absolute Gasteiger partial charge is 0.345 e. The predicted molar refractivity (Wildman–Crippen MR) is 98.2 cm³/mol. The van der Waals surface area contributed by atoms with Crippen molar-refractivity contribution in [3.05, 3.63) is 28.2 Å². The Morgan fingerprint density at radius 3 is 2.88 bits per heavy atom. The number of nitrogens with zero attached hydrogens (tertiary/aromatic N) is 1. The highest BCUT2D eigenvalue weighted by Gasteiger charge is 2.30. The third-order valence-electron chi connectivity index (χ3n) is 3.83. The van der Waals surface area contributed by atoms with Gasteiger partial charge in [-0.15, -0.1) is 0 Å². The van der Waals surface area contributed by atoms with Crippen LogP contribution in [0.3, 0.4) is 0 Å². The summed E-state index contributed by atoms with van der Waals surface area (Å²) < 4.78 is 12.5. The second kappa shape index (κ2) is 9.20. The second-order valence-electron chi connectivity index (χ2n) is 6.25. The standard InChI is InChI=1S/C18H24BrNO5/c1-4-5-8-23-15-10-24-20-16(15)13-9-12(19)6-7-14(13)25-17(11(2)3)18(21)22/h6-7,9,11,15,17H,4-5,8,10H2,1-3H3,(H,21,22)/t15?,17-/m0/s1. The lowest BCUT2D eigenvalue weighted by atomic mass is 10.0. The average Bonchev–Trinajstić information content (AvgIpc) is 3.01. The molecule has 0 aliphatic carbocycles. The van der Waals surface area contributed by atoms with Gasteiger partial charge in [-0.25, -0.2) is 4.79 Å². The first-order chi connectivity index (χ1) is 11.9. The van der Waals surface area contributed by atoms with Gasteiger partial charge in [0.2, 0.25) is 0 Å². The molecule has 0 amide bonds. The van der Waals surface area contributed by atoms with Crippen LogP contribution in [0.25, 0.3) is 0 Å². The molecule has 1 aliphatic heterocycles. The maximum atomic E-state index is 11.5.